The smallest absolute Gasteiger partial charge is 0.285 e. The van der Waals surface area contributed by atoms with Gasteiger partial charge in [-0.15, -0.1) is 4.40 Å². The molecule has 1 saturated heterocycles. The molecule has 23 heavy (non-hydrogen) atoms. The number of amidine groups is 1. The number of sulfonamides is 1. The van der Waals surface area contributed by atoms with Crippen molar-refractivity contribution in [3.8, 4) is 0 Å². The summed E-state index contributed by atoms with van der Waals surface area (Å²) in [6.45, 7) is 8.41. The van der Waals surface area contributed by atoms with Crippen molar-refractivity contribution < 1.29 is 8.42 Å². The molecule has 1 aromatic rings. The van der Waals surface area contributed by atoms with E-state index in [1.165, 1.54) is 0 Å². The molecule has 0 radical (unpaired) electrons. The van der Waals surface area contributed by atoms with Gasteiger partial charge in [-0.3, -0.25) is 0 Å². The molecule has 5 nitrogen and oxygen atoms in total. The number of hydrogen-bond acceptors (Lipinski definition) is 4. The molecule has 2 heterocycles. The van der Waals surface area contributed by atoms with Gasteiger partial charge in [-0.2, -0.15) is 8.42 Å². The molecule has 0 amide bonds. The van der Waals surface area contributed by atoms with E-state index in [0.717, 1.165) is 32.7 Å². The van der Waals surface area contributed by atoms with E-state index in [9.17, 15) is 8.42 Å². The Morgan fingerprint density at radius 2 is 1.91 bits per heavy atom. The van der Waals surface area contributed by atoms with Crippen LogP contribution in [-0.4, -0.2) is 56.8 Å². The molecule has 0 unspecified atom stereocenters. The Balaban J connectivity index is 1.95. The average Bonchev–Trinajstić information content (AvgIpc) is 2.77. The summed E-state index contributed by atoms with van der Waals surface area (Å²) >= 11 is 6.01. The summed E-state index contributed by atoms with van der Waals surface area (Å²) in [4.78, 5) is 4.68. The number of likely N-dealkylation sites (N-methyl/N-ethyl adjacent to an activating group) is 1. The maximum absolute atomic E-state index is 12.5. The van der Waals surface area contributed by atoms with Gasteiger partial charge in [-0.1, -0.05) is 30.7 Å². The summed E-state index contributed by atoms with van der Waals surface area (Å²) in [6.07, 6.45) is 0. The molecule has 2 aliphatic rings. The fourth-order valence-electron chi connectivity index (χ4n) is 3.09. The lowest BCUT2D eigenvalue weighted by atomic mass is 10.1. The Kier molecular flexibility index (Phi) is 4.49. The summed E-state index contributed by atoms with van der Waals surface area (Å²) in [5, 5.41) is 0.517. The monoisotopic (exact) mass is 353 g/mol. The highest BCUT2D eigenvalue weighted by Gasteiger charge is 2.34. The standard InChI is InChI=1S/C16H20ClN3O2S/c1-3-19-7-9-20(10-8-19)16-12(2)15(23(21,22)18-16)13-5-4-6-14(17)11-13/h4-6,11H,3,7-10H2,1-2H3. The molecule has 0 aliphatic carbocycles. The van der Waals surface area contributed by atoms with Crippen LogP contribution in [0.3, 0.4) is 0 Å². The zero-order valence-electron chi connectivity index (χ0n) is 13.3. The van der Waals surface area contributed by atoms with Crippen LogP contribution in [0, 0.1) is 0 Å². The van der Waals surface area contributed by atoms with Crippen LogP contribution in [0.15, 0.2) is 34.2 Å². The molecule has 0 bridgehead atoms. The molecule has 1 fully saturated rings. The Morgan fingerprint density at radius 3 is 2.52 bits per heavy atom. The van der Waals surface area contributed by atoms with E-state index in [4.69, 9.17) is 11.6 Å². The minimum atomic E-state index is -3.67. The van der Waals surface area contributed by atoms with Crippen molar-refractivity contribution in [3.63, 3.8) is 0 Å². The number of rotatable bonds is 2. The van der Waals surface area contributed by atoms with Crippen molar-refractivity contribution in [1.82, 2.24) is 9.80 Å². The minimum absolute atomic E-state index is 0.271. The van der Waals surface area contributed by atoms with E-state index in [2.05, 4.69) is 21.1 Å². The first-order valence-corrected chi connectivity index (χ1v) is 9.53. The van der Waals surface area contributed by atoms with Crippen molar-refractivity contribution >= 4 is 32.4 Å². The van der Waals surface area contributed by atoms with Gasteiger partial charge in [-0.05, 0) is 31.2 Å². The third kappa shape index (κ3) is 3.16. The SMILES string of the molecule is CCN1CCN(C2=NS(=O)(=O)C(c3cccc(Cl)c3)=C2C)CC1. The van der Waals surface area contributed by atoms with Crippen LogP contribution in [0.25, 0.3) is 4.91 Å². The van der Waals surface area contributed by atoms with Gasteiger partial charge < -0.3 is 9.80 Å². The highest BCUT2D eigenvalue weighted by Crippen LogP contribution is 2.34. The average molecular weight is 354 g/mol. The maximum Gasteiger partial charge on any atom is 0.285 e. The van der Waals surface area contributed by atoms with Crippen LogP contribution in [0.2, 0.25) is 5.02 Å². The van der Waals surface area contributed by atoms with Crippen LogP contribution in [0.5, 0.6) is 0 Å². The van der Waals surface area contributed by atoms with Gasteiger partial charge in [-0.25, -0.2) is 0 Å². The molecule has 0 aromatic heterocycles. The van der Waals surface area contributed by atoms with Gasteiger partial charge in [0.05, 0.1) is 0 Å². The Morgan fingerprint density at radius 1 is 1.22 bits per heavy atom. The summed E-state index contributed by atoms with van der Waals surface area (Å²) in [5.41, 5.74) is 1.30. The second-order valence-corrected chi connectivity index (χ2v) is 7.75. The summed E-state index contributed by atoms with van der Waals surface area (Å²) < 4.78 is 29.1. The van der Waals surface area contributed by atoms with Crippen molar-refractivity contribution in [2.24, 2.45) is 4.40 Å². The van der Waals surface area contributed by atoms with Crippen molar-refractivity contribution in [3.05, 3.63) is 40.4 Å². The Labute approximate surface area is 142 Å². The zero-order chi connectivity index (χ0) is 16.6. The molecular formula is C16H20ClN3O2S. The predicted octanol–water partition coefficient (Wildman–Crippen LogP) is 2.45. The Hall–Kier alpha value is -1.37. The highest BCUT2D eigenvalue weighted by atomic mass is 35.5. The van der Waals surface area contributed by atoms with Crippen LogP contribution < -0.4 is 0 Å². The van der Waals surface area contributed by atoms with Gasteiger partial charge in [0.15, 0.2) is 0 Å². The van der Waals surface area contributed by atoms with Crippen molar-refractivity contribution in [2.75, 3.05) is 32.7 Å². The lowest BCUT2D eigenvalue weighted by molar-refractivity contribution is 0.190. The van der Waals surface area contributed by atoms with Gasteiger partial charge in [0, 0.05) is 36.8 Å². The van der Waals surface area contributed by atoms with Crippen LogP contribution >= 0.6 is 11.6 Å². The molecular weight excluding hydrogens is 334 g/mol. The van der Waals surface area contributed by atoms with Crippen LogP contribution in [0.4, 0.5) is 0 Å². The molecule has 0 spiro atoms. The van der Waals surface area contributed by atoms with E-state index in [-0.39, 0.29) is 4.91 Å². The predicted molar refractivity (Wildman–Crippen MR) is 94.1 cm³/mol. The van der Waals surface area contributed by atoms with E-state index < -0.39 is 10.0 Å². The molecule has 0 N–H and O–H groups in total. The van der Waals surface area contributed by atoms with E-state index in [1.54, 1.807) is 24.3 Å². The molecule has 7 heteroatoms. The normalized spacial score (nSPS) is 21.7. The third-order valence-electron chi connectivity index (χ3n) is 4.35. The second-order valence-electron chi connectivity index (χ2n) is 5.78. The number of piperazine rings is 1. The molecule has 1 aromatic carbocycles. The fraction of sp³-hybridized carbons (Fsp3) is 0.438. The topological polar surface area (TPSA) is 53.0 Å². The summed E-state index contributed by atoms with van der Waals surface area (Å²) in [5.74, 6) is 0.579. The third-order valence-corrected chi connectivity index (χ3v) is 6.05. The molecule has 0 saturated carbocycles. The van der Waals surface area contributed by atoms with Gasteiger partial charge >= 0.3 is 0 Å². The fourth-order valence-corrected chi connectivity index (χ4v) is 4.75. The lowest BCUT2D eigenvalue weighted by Crippen LogP contribution is -2.48. The molecule has 124 valence electrons. The zero-order valence-corrected chi connectivity index (χ0v) is 14.9. The molecule has 3 rings (SSSR count). The number of hydrogen-bond donors (Lipinski definition) is 0. The summed E-state index contributed by atoms with van der Waals surface area (Å²) in [7, 11) is -3.67. The van der Waals surface area contributed by atoms with Gasteiger partial charge in [0.1, 0.15) is 10.7 Å². The second kappa shape index (κ2) is 6.26. The van der Waals surface area contributed by atoms with E-state index >= 15 is 0 Å². The largest absolute Gasteiger partial charge is 0.353 e. The van der Waals surface area contributed by atoms with Crippen LogP contribution in [-0.2, 0) is 10.0 Å². The van der Waals surface area contributed by atoms with E-state index in [1.807, 2.05) is 6.92 Å². The molecule has 0 atom stereocenters. The van der Waals surface area contributed by atoms with Crippen LogP contribution in [0.1, 0.15) is 19.4 Å². The number of benzene rings is 1. The maximum atomic E-state index is 12.5. The Bertz CT molecular complexity index is 778. The lowest BCUT2D eigenvalue weighted by Gasteiger charge is -2.35. The first-order valence-electron chi connectivity index (χ1n) is 7.72. The van der Waals surface area contributed by atoms with Crippen molar-refractivity contribution in [1.29, 1.82) is 0 Å². The van der Waals surface area contributed by atoms with Gasteiger partial charge in [0.25, 0.3) is 10.0 Å². The van der Waals surface area contributed by atoms with Gasteiger partial charge in [0.2, 0.25) is 0 Å². The number of nitrogens with zero attached hydrogens (tertiary/aromatic N) is 3. The molecule has 2 aliphatic heterocycles. The highest BCUT2D eigenvalue weighted by molar-refractivity contribution is 8.00. The first-order chi connectivity index (χ1) is 10.9. The minimum Gasteiger partial charge on any atom is -0.353 e. The first kappa shape index (κ1) is 16.5. The van der Waals surface area contributed by atoms with Crippen molar-refractivity contribution in [2.45, 2.75) is 13.8 Å². The summed E-state index contributed by atoms with van der Waals surface area (Å²) in [6, 6.07) is 6.92. The number of halogens is 1. The quantitative estimate of drug-likeness (QED) is 0.819. The van der Waals surface area contributed by atoms with E-state index in [0.29, 0.717) is 22.0 Å².